The Hall–Kier alpha value is -3.60. The van der Waals surface area contributed by atoms with E-state index in [0.29, 0.717) is 25.9 Å². The number of nitrogens with zero attached hydrogens (tertiary/aromatic N) is 1. The monoisotopic (exact) mass is 487 g/mol. The van der Waals surface area contributed by atoms with Crippen LogP contribution in [-0.4, -0.2) is 23.0 Å². The number of carboxylic acid groups (broad SMARTS) is 1. The maximum absolute atomic E-state index is 13.4. The number of hydrogen-bond donors (Lipinski definition) is 1. The van der Waals surface area contributed by atoms with E-state index in [9.17, 15) is 14.7 Å². The van der Waals surface area contributed by atoms with Crippen molar-refractivity contribution in [2.45, 2.75) is 70.9 Å². The van der Waals surface area contributed by atoms with Crippen LogP contribution in [0, 0.1) is 0 Å². The smallest absolute Gasteiger partial charge is 0.303 e. The van der Waals surface area contributed by atoms with Crippen molar-refractivity contribution in [1.29, 1.82) is 0 Å². The van der Waals surface area contributed by atoms with Crippen LogP contribution >= 0.6 is 0 Å². The third-order valence-electron chi connectivity index (χ3n) is 6.25. The zero-order valence-corrected chi connectivity index (χ0v) is 21.1. The minimum atomic E-state index is -0.854. The Bertz CT molecular complexity index is 1050. The van der Waals surface area contributed by atoms with Crippen LogP contribution in [0.15, 0.2) is 84.9 Å². The number of anilines is 1. The van der Waals surface area contributed by atoms with Crippen molar-refractivity contribution in [3.8, 4) is 5.75 Å². The summed E-state index contributed by atoms with van der Waals surface area (Å²) >= 11 is 0. The highest BCUT2D eigenvalue weighted by molar-refractivity contribution is 5.94. The van der Waals surface area contributed by atoms with Gasteiger partial charge in [-0.2, -0.15) is 0 Å². The lowest BCUT2D eigenvalue weighted by molar-refractivity contribution is -0.137. The first-order valence-electron chi connectivity index (χ1n) is 12.9. The van der Waals surface area contributed by atoms with Gasteiger partial charge in [-0.15, -0.1) is 0 Å². The highest BCUT2D eigenvalue weighted by atomic mass is 16.5. The molecule has 0 heterocycles. The standard InChI is InChI=1S/C31H37NO4/c1-2-3-4-11-16-30(33)32(27-14-9-6-10-15-27)28(19-22-31(34)35)23-25-17-20-29(21-18-25)36-24-26-12-7-5-8-13-26/h5-10,12-15,17-18,20-21,28H,2-4,11,16,19,22-24H2,1H3,(H,34,35)/t28-/m0/s1. The summed E-state index contributed by atoms with van der Waals surface area (Å²) < 4.78 is 5.91. The van der Waals surface area contributed by atoms with Crippen molar-refractivity contribution in [3.63, 3.8) is 0 Å². The largest absolute Gasteiger partial charge is 0.489 e. The predicted octanol–water partition coefficient (Wildman–Crippen LogP) is 7.05. The molecule has 0 aliphatic heterocycles. The van der Waals surface area contributed by atoms with Gasteiger partial charge in [0.2, 0.25) is 5.91 Å². The van der Waals surface area contributed by atoms with Gasteiger partial charge in [0.15, 0.2) is 0 Å². The van der Waals surface area contributed by atoms with E-state index < -0.39 is 5.97 Å². The average Bonchev–Trinajstić information content (AvgIpc) is 2.90. The zero-order valence-electron chi connectivity index (χ0n) is 21.1. The second-order valence-electron chi connectivity index (χ2n) is 9.12. The van der Waals surface area contributed by atoms with Crippen molar-refractivity contribution in [2.24, 2.45) is 0 Å². The Morgan fingerprint density at radius 1 is 0.806 bits per heavy atom. The predicted molar refractivity (Wildman–Crippen MR) is 144 cm³/mol. The second kappa shape index (κ2) is 14.7. The van der Waals surface area contributed by atoms with Crippen molar-refractivity contribution < 1.29 is 19.4 Å². The van der Waals surface area contributed by atoms with E-state index in [2.05, 4.69) is 6.92 Å². The van der Waals surface area contributed by atoms with E-state index in [4.69, 9.17) is 4.74 Å². The molecule has 0 aliphatic carbocycles. The van der Waals surface area contributed by atoms with Gasteiger partial charge in [-0.3, -0.25) is 9.59 Å². The Kier molecular flexibility index (Phi) is 11.0. The van der Waals surface area contributed by atoms with Crippen LogP contribution in [0.5, 0.6) is 5.75 Å². The van der Waals surface area contributed by atoms with Crippen LogP contribution in [-0.2, 0) is 22.6 Å². The highest BCUT2D eigenvalue weighted by Gasteiger charge is 2.26. The maximum Gasteiger partial charge on any atom is 0.303 e. The minimum absolute atomic E-state index is 0.00931. The molecule has 190 valence electrons. The highest BCUT2D eigenvalue weighted by Crippen LogP contribution is 2.25. The second-order valence-corrected chi connectivity index (χ2v) is 9.12. The number of hydrogen-bond acceptors (Lipinski definition) is 3. The number of para-hydroxylation sites is 1. The number of aliphatic carboxylic acids is 1. The molecule has 0 unspecified atom stereocenters. The van der Waals surface area contributed by atoms with Crippen LogP contribution in [0.3, 0.4) is 0 Å². The fourth-order valence-electron chi connectivity index (χ4n) is 4.32. The molecular formula is C31H37NO4. The van der Waals surface area contributed by atoms with Crippen molar-refractivity contribution >= 4 is 17.6 Å². The summed E-state index contributed by atoms with van der Waals surface area (Å²) in [6.07, 6.45) is 5.52. The molecule has 1 N–H and O–H groups in total. The molecule has 0 saturated carbocycles. The van der Waals surface area contributed by atoms with Gasteiger partial charge in [0.05, 0.1) is 0 Å². The molecule has 0 radical (unpaired) electrons. The molecule has 5 heteroatoms. The molecular weight excluding hydrogens is 450 g/mol. The number of unbranched alkanes of at least 4 members (excludes halogenated alkanes) is 3. The third-order valence-corrected chi connectivity index (χ3v) is 6.25. The molecule has 3 aromatic carbocycles. The van der Waals surface area contributed by atoms with Gasteiger partial charge in [-0.25, -0.2) is 0 Å². The number of carboxylic acids is 1. The molecule has 1 amide bonds. The number of carbonyl (C=O) groups excluding carboxylic acids is 1. The van der Waals surface area contributed by atoms with Crippen LogP contribution in [0.25, 0.3) is 0 Å². The van der Waals surface area contributed by atoms with E-state index in [1.807, 2.05) is 89.8 Å². The number of amides is 1. The van der Waals surface area contributed by atoms with E-state index in [0.717, 1.165) is 48.2 Å². The first kappa shape index (κ1) is 27.0. The van der Waals surface area contributed by atoms with Crippen molar-refractivity contribution in [3.05, 3.63) is 96.1 Å². The first-order valence-corrected chi connectivity index (χ1v) is 12.9. The Morgan fingerprint density at radius 2 is 1.47 bits per heavy atom. The molecule has 3 aromatic rings. The molecule has 0 spiro atoms. The normalized spacial score (nSPS) is 11.6. The van der Waals surface area contributed by atoms with Crippen LogP contribution < -0.4 is 9.64 Å². The lowest BCUT2D eigenvalue weighted by Crippen LogP contribution is -2.42. The molecule has 0 fully saturated rings. The first-order chi connectivity index (χ1) is 17.6. The fraction of sp³-hybridized carbons (Fsp3) is 0.355. The van der Waals surface area contributed by atoms with Crippen molar-refractivity contribution in [2.75, 3.05) is 4.90 Å². The summed E-state index contributed by atoms with van der Waals surface area (Å²) in [6.45, 7) is 2.65. The lowest BCUT2D eigenvalue weighted by Gasteiger charge is -2.32. The zero-order chi connectivity index (χ0) is 25.6. The third kappa shape index (κ3) is 8.88. The Labute approximate surface area is 214 Å². The summed E-state index contributed by atoms with van der Waals surface area (Å²) in [7, 11) is 0. The summed E-state index contributed by atoms with van der Waals surface area (Å²) in [6, 6.07) is 27.3. The van der Waals surface area contributed by atoms with Crippen LogP contribution in [0.1, 0.15) is 63.0 Å². The van der Waals surface area contributed by atoms with Gasteiger partial charge in [0, 0.05) is 24.6 Å². The molecule has 0 aromatic heterocycles. The molecule has 5 nitrogen and oxygen atoms in total. The van der Waals surface area contributed by atoms with Crippen LogP contribution in [0.4, 0.5) is 5.69 Å². The molecule has 0 aliphatic rings. The van der Waals surface area contributed by atoms with E-state index >= 15 is 0 Å². The number of ether oxygens (including phenoxy) is 1. The topological polar surface area (TPSA) is 66.8 Å². The SMILES string of the molecule is CCCCCCC(=O)N(c1ccccc1)[C@@H](CCC(=O)O)Cc1ccc(OCc2ccccc2)cc1. The van der Waals surface area contributed by atoms with Gasteiger partial charge in [0.25, 0.3) is 0 Å². The van der Waals surface area contributed by atoms with Gasteiger partial charge < -0.3 is 14.7 Å². The van der Waals surface area contributed by atoms with Gasteiger partial charge >= 0.3 is 5.97 Å². The van der Waals surface area contributed by atoms with Crippen LogP contribution in [0.2, 0.25) is 0 Å². The lowest BCUT2D eigenvalue weighted by atomic mass is 9.98. The molecule has 3 rings (SSSR count). The molecule has 36 heavy (non-hydrogen) atoms. The summed E-state index contributed by atoms with van der Waals surface area (Å²) in [5, 5.41) is 9.39. The number of carbonyl (C=O) groups is 2. The van der Waals surface area contributed by atoms with E-state index in [1.54, 1.807) is 0 Å². The van der Waals surface area contributed by atoms with Gasteiger partial charge in [0.1, 0.15) is 12.4 Å². The Balaban J connectivity index is 1.75. The molecule has 0 bridgehead atoms. The van der Waals surface area contributed by atoms with Gasteiger partial charge in [-0.1, -0.05) is 86.8 Å². The van der Waals surface area contributed by atoms with E-state index in [-0.39, 0.29) is 18.4 Å². The van der Waals surface area contributed by atoms with Gasteiger partial charge in [-0.05, 0) is 54.7 Å². The quantitative estimate of drug-likeness (QED) is 0.233. The number of rotatable bonds is 15. The molecule has 1 atom stereocenters. The maximum atomic E-state index is 13.4. The fourth-order valence-corrected chi connectivity index (χ4v) is 4.32. The minimum Gasteiger partial charge on any atom is -0.489 e. The van der Waals surface area contributed by atoms with Crippen molar-refractivity contribution in [1.82, 2.24) is 0 Å². The summed E-state index contributed by atoms with van der Waals surface area (Å²) in [5.41, 5.74) is 2.96. The number of benzene rings is 3. The Morgan fingerprint density at radius 3 is 2.11 bits per heavy atom. The summed E-state index contributed by atoms with van der Waals surface area (Å²) in [4.78, 5) is 26.7. The molecule has 0 saturated heterocycles. The summed E-state index contributed by atoms with van der Waals surface area (Å²) in [5.74, 6) is -0.0276. The van der Waals surface area contributed by atoms with E-state index in [1.165, 1.54) is 0 Å². The average molecular weight is 488 g/mol.